The van der Waals surface area contributed by atoms with Crippen LogP contribution in [0.2, 0.25) is 5.02 Å². The van der Waals surface area contributed by atoms with Crippen molar-refractivity contribution in [3.05, 3.63) is 65.2 Å². The fourth-order valence-corrected chi connectivity index (χ4v) is 4.94. The first-order valence-electron chi connectivity index (χ1n) is 12.4. The quantitative estimate of drug-likeness (QED) is 0.639. The third-order valence-electron chi connectivity index (χ3n) is 6.91. The molecule has 2 fully saturated rings. The fraction of sp³-hybridized carbons (Fsp3) is 0.444. The molecule has 2 heterocycles. The molecule has 0 bridgehead atoms. The normalized spacial score (nSPS) is 16.8. The zero-order valence-electron chi connectivity index (χ0n) is 20.0. The molecule has 35 heavy (non-hydrogen) atoms. The van der Waals surface area contributed by atoms with Gasteiger partial charge in [0.05, 0.1) is 6.54 Å². The van der Waals surface area contributed by atoms with Gasteiger partial charge in [-0.05, 0) is 43.0 Å². The Hall–Kier alpha value is -3.06. The molecule has 0 aromatic heterocycles. The first kappa shape index (κ1) is 25.0. The number of amides is 3. The lowest BCUT2D eigenvalue weighted by Gasteiger charge is -2.36. The van der Waals surface area contributed by atoms with Crippen molar-refractivity contribution < 1.29 is 14.4 Å². The molecule has 186 valence electrons. The van der Waals surface area contributed by atoms with Gasteiger partial charge in [-0.3, -0.25) is 14.4 Å². The maximum atomic E-state index is 12.6. The minimum Gasteiger partial charge on any atom is -0.368 e. The number of aryl methyl sites for hydroxylation is 1. The smallest absolute Gasteiger partial charge is 0.242 e. The number of hydrogen-bond donors (Lipinski definition) is 1. The second-order valence-electron chi connectivity index (χ2n) is 9.21. The third kappa shape index (κ3) is 6.98. The molecular weight excluding hydrogens is 464 g/mol. The van der Waals surface area contributed by atoms with Gasteiger partial charge in [0, 0.05) is 62.3 Å². The summed E-state index contributed by atoms with van der Waals surface area (Å²) in [5.74, 6) is -0.162. The van der Waals surface area contributed by atoms with Gasteiger partial charge in [-0.25, -0.2) is 0 Å². The average Bonchev–Trinajstić information content (AvgIpc) is 2.91. The van der Waals surface area contributed by atoms with E-state index in [4.69, 9.17) is 11.6 Å². The van der Waals surface area contributed by atoms with Crippen LogP contribution in [0.3, 0.4) is 0 Å². The van der Waals surface area contributed by atoms with Crippen molar-refractivity contribution in [3.8, 4) is 0 Å². The number of rotatable bonds is 7. The summed E-state index contributed by atoms with van der Waals surface area (Å²) in [6.45, 7) is 3.89. The number of anilines is 1. The van der Waals surface area contributed by atoms with Crippen molar-refractivity contribution in [2.24, 2.45) is 5.92 Å². The summed E-state index contributed by atoms with van der Waals surface area (Å²) < 4.78 is 0. The summed E-state index contributed by atoms with van der Waals surface area (Å²) in [6.07, 6.45) is 2.49. The number of nitrogens with one attached hydrogen (secondary N) is 1. The molecule has 7 nitrogen and oxygen atoms in total. The van der Waals surface area contributed by atoms with E-state index in [9.17, 15) is 14.4 Å². The Kier molecular flexibility index (Phi) is 8.64. The van der Waals surface area contributed by atoms with Gasteiger partial charge < -0.3 is 20.0 Å². The number of halogens is 1. The molecule has 0 unspecified atom stereocenters. The van der Waals surface area contributed by atoms with Crippen molar-refractivity contribution in [1.82, 2.24) is 15.1 Å². The number of benzene rings is 2. The highest BCUT2D eigenvalue weighted by Crippen LogP contribution is 2.21. The lowest BCUT2D eigenvalue weighted by molar-refractivity contribution is -0.136. The van der Waals surface area contributed by atoms with Crippen molar-refractivity contribution in [2.45, 2.75) is 25.7 Å². The Morgan fingerprint density at radius 2 is 1.51 bits per heavy atom. The summed E-state index contributed by atoms with van der Waals surface area (Å²) in [4.78, 5) is 43.7. The van der Waals surface area contributed by atoms with E-state index in [1.54, 1.807) is 4.90 Å². The molecule has 2 aromatic carbocycles. The molecule has 0 radical (unpaired) electrons. The third-order valence-corrected chi connectivity index (χ3v) is 7.14. The van der Waals surface area contributed by atoms with E-state index in [0.717, 1.165) is 30.8 Å². The molecule has 2 aromatic rings. The number of piperidine rings is 1. The lowest BCUT2D eigenvalue weighted by Crippen LogP contribution is -2.52. The first-order valence-corrected chi connectivity index (χ1v) is 12.7. The molecule has 2 aliphatic rings. The van der Waals surface area contributed by atoms with Crippen molar-refractivity contribution in [3.63, 3.8) is 0 Å². The highest BCUT2D eigenvalue weighted by Gasteiger charge is 2.28. The molecule has 0 saturated carbocycles. The van der Waals surface area contributed by atoms with E-state index in [0.29, 0.717) is 50.5 Å². The highest BCUT2D eigenvalue weighted by atomic mass is 35.5. The van der Waals surface area contributed by atoms with Gasteiger partial charge >= 0.3 is 0 Å². The van der Waals surface area contributed by atoms with E-state index in [-0.39, 0.29) is 30.2 Å². The minimum absolute atomic E-state index is 0.0201. The Balaban J connectivity index is 1.14. The lowest BCUT2D eigenvalue weighted by atomic mass is 9.95. The van der Waals surface area contributed by atoms with E-state index >= 15 is 0 Å². The van der Waals surface area contributed by atoms with Gasteiger partial charge in [0.2, 0.25) is 17.7 Å². The van der Waals surface area contributed by atoms with Crippen LogP contribution in [0.25, 0.3) is 0 Å². The van der Waals surface area contributed by atoms with Gasteiger partial charge in [0.25, 0.3) is 0 Å². The summed E-state index contributed by atoms with van der Waals surface area (Å²) >= 11 is 6.09. The Bertz CT molecular complexity index is 1020. The molecule has 0 spiro atoms. The van der Waals surface area contributed by atoms with Crippen LogP contribution >= 0.6 is 11.6 Å². The topological polar surface area (TPSA) is 73.0 Å². The van der Waals surface area contributed by atoms with Crippen molar-refractivity contribution >= 4 is 35.0 Å². The van der Waals surface area contributed by atoms with Crippen molar-refractivity contribution in [1.29, 1.82) is 0 Å². The molecule has 2 saturated heterocycles. The van der Waals surface area contributed by atoms with E-state index in [1.807, 2.05) is 59.5 Å². The van der Waals surface area contributed by atoms with Crippen LogP contribution in [0, 0.1) is 5.92 Å². The van der Waals surface area contributed by atoms with Crippen LogP contribution in [0.15, 0.2) is 54.6 Å². The zero-order chi connectivity index (χ0) is 24.6. The predicted molar refractivity (Wildman–Crippen MR) is 137 cm³/mol. The van der Waals surface area contributed by atoms with Crippen LogP contribution in [-0.2, 0) is 20.8 Å². The van der Waals surface area contributed by atoms with Crippen LogP contribution in [0.4, 0.5) is 5.69 Å². The molecule has 4 rings (SSSR count). The van der Waals surface area contributed by atoms with Gasteiger partial charge in [-0.15, -0.1) is 0 Å². The Labute approximate surface area is 212 Å². The minimum atomic E-state index is -0.152. The van der Waals surface area contributed by atoms with Crippen molar-refractivity contribution in [2.75, 3.05) is 50.7 Å². The summed E-state index contributed by atoms with van der Waals surface area (Å²) in [6, 6.07) is 17.7. The number of hydrogen-bond acceptors (Lipinski definition) is 4. The van der Waals surface area contributed by atoms with Crippen LogP contribution in [0.5, 0.6) is 0 Å². The van der Waals surface area contributed by atoms with Gasteiger partial charge in [0.1, 0.15) is 0 Å². The number of piperazine rings is 1. The number of carbonyl (C=O) groups excluding carboxylic acids is 3. The van der Waals surface area contributed by atoms with Crippen LogP contribution in [-0.4, -0.2) is 73.3 Å². The second kappa shape index (κ2) is 12.1. The fourth-order valence-electron chi connectivity index (χ4n) is 4.75. The SMILES string of the molecule is O=C(NCC(=O)N1CCN(c2cccc(Cl)c2)CC1)C1CCN(C(=O)CCc2ccccc2)CC1. The Morgan fingerprint density at radius 3 is 2.20 bits per heavy atom. The van der Waals surface area contributed by atoms with Gasteiger partial charge in [0.15, 0.2) is 0 Å². The maximum absolute atomic E-state index is 12.6. The predicted octanol–water partition coefficient (Wildman–Crippen LogP) is 2.98. The molecule has 2 aliphatic heterocycles. The molecule has 8 heteroatoms. The van der Waals surface area contributed by atoms with E-state index in [2.05, 4.69) is 10.2 Å². The summed E-state index contributed by atoms with van der Waals surface area (Å²) in [7, 11) is 0. The Morgan fingerprint density at radius 1 is 0.829 bits per heavy atom. The molecular formula is C27H33ClN4O3. The van der Waals surface area contributed by atoms with E-state index in [1.165, 1.54) is 0 Å². The monoisotopic (exact) mass is 496 g/mol. The molecule has 3 amide bonds. The largest absolute Gasteiger partial charge is 0.368 e. The molecule has 1 N–H and O–H groups in total. The maximum Gasteiger partial charge on any atom is 0.242 e. The zero-order valence-corrected chi connectivity index (χ0v) is 20.8. The van der Waals surface area contributed by atoms with Crippen LogP contribution < -0.4 is 10.2 Å². The summed E-state index contributed by atoms with van der Waals surface area (Å²) in [5, 5.41) is 3.53. The summed E-state index contributed by atoms with van der Waals surface area (Å²) in [5.41, 5.74) is 2.22. The second-order valence-corrected chi connectivity index (χ2v) is 9.64. The number of likely N-dealkylation sites (tertiary alicyclic amines) is 1. The van der Waals surface area contributed by atoms with Gasteiger partial charge in [-0.1, -0.05) is 48.0 Å². The standard InChI is InChI=1S/C27H33ClN4O3/c28-23-7-4-8-24(19-23)30-15-17-32(18-16-30)26(34)20-29-27(35)22-11-13-31(14-12-22)25(33)10-9-21-5-2-1-3-6-21/h1-8,19,22H,9-18,20H2,(H,29,35). The first-order chi connectivity index (χ1) is 17.0. The molecule has 0 atom stereocenters. The number of nitrogens with zero attached hydrogens (tertiary/aromatic N) is 3. The average molecular weight is 497 g/mol. The highest BCUT2D eigenvalue weighted by molar-refractivity contribution is 6.30. The van der Waals surface area contributed by atoms with E-state index < -0.39 is 0 Å². The molecule has 0 aliphatic carbocycles. The number of carbonyl (C=O) groups is 3. The van der Waals surface area contributed by atoms with Crippen LogP contribution in [0.1, 0.15) is 24.8 Å². The van der Waals surface area contributed by atoms with Gasteiger partial charge in [-0.2, -0.15) is 0 Å².